The van der Waals surface area contributed by atoms with Gasteiger partial charge >= 0.3 is 6.18 Å². The van der Waals surface area contributed by atoms with E-state index < -0.39 is 62.2 Å². The quantitative estimate of drug-likeness (QED) is 0.467. The molecule has 1 aromatic carbocycles. The fourth-order valence-electron chi connectivity index (χ4n) is 2.76. The summed E-state index contributed by atoms with van der Waals surface area (Å²) in [5.41, 5.74) is -1.71. The average Bonchev–Trinajstić information content (AvgIpc) is 2.64. The Morgan fingerprint density at radius 3 is 2.34 bits per heavy atom. The van der Waals surface area contributed by atoms with E-state index in [1.165, 1.54) is 0 Å². The van der Waals surface area contributed by atoms with Crippen molar-refractivity contribution >= 4 is 31.7 Å². The SMILES string of the molecule is O=C1C=CN(S(=O)(=O)c2ccc(C(F)(F)F)nc2)C(c2c(F)ccc(F)c2Br)C1. The zero-order valence-electron chi connectivity index (χ0n) is 14.1. The third-order valence-electron chi connectivity index (χ3n) is 4.12. The minimum Gasteiger partial charge on any atom is -0.295 e. The van der Waals surface area contributed by atoms with Gasteiger partial charge in [0, 0.05) is 24.4 Å². The summed E-state index contributed by atoms with van der Waals surface area (Å²) in [7, 11) is -4.54. The highest BCUT2D eigenvalue weighted by molar-refractivity contribution is 9.10. The molecule has 0 N–H and O–H groups in total. The molecule has 29 heavy (non-hydrogen) atoms. The molecule has 0 saturated carbocycles. The van der Waals surface area contributed by atoms with Crippen LogP contribution in [-0.4, -0.2) is 23.5 Å². The van der Waals surface area contributed by atoms with Crippen LogP contribution in [0.5, 0.6) is 0 Å². The van der Waals surface area contributed by atoms with E-state index in [1.807, 2.05) is 0 Å². The molecule has 0 saturated heterocycles. The number of carbonyl (C=O) groups is 1. The number of hydrogen-bond acceptors (Lipinski definition) is 4. The molecule has 1 aliphatic heterocycles. The van der Waals surface area contributed by atoms with Crippen LogP contribution >= 0.6 is 15.9 Å². The normalized spacial score (nSPS) is 17.7. The zero-order valence-corrected chi connectivity index (χ0v) is 16.5. The Morgan fingerprint density at radius 2 is 1.76 bits per heavy atom. The van der Waals surface area contributed by atoms with Crippen molar-refractivity contribution in [2.24, 2.45) is 0 Å². The van der Waals surface area contributed by atoms with E-state index in [4.69, 9.17) is 0 Å². The number of halogens is 6. The number of benzene rings is 1. The summed E-state index contributed by atoms with van der Waals surface area (Å²) in [5, 5.41) is 0. The van der Waals surface area contributed by atoms with Gasteiger partial charge in [0.25, 0.3) is 10.0 Å². The van der Waals surface area contributed by atoms with E-state index in [0.29, 0.717) is 22.6 Å². The molecule has 0 bridgehead atoms. The van der Waals surface area contributed by atoms with Gasteiger partial charge in [-0.2, -0.15) is 13.2 Å². The summed E-state index contributed by atoms with van der Waals surface area (Å²) in [5.74, 6) is -2.38. The molecule has 2 heterocycles. The van der Waals surface area contributed by atoms with Gasteiger partial charge in [0.2, 0.25) is 0 Å². The van der Waals surface area contributed by atoms with Crippen LogP contribution in [0.2, 0.25) is 0 Å². The van der Waals surface area contributed by atoms with E-state index in [-0.39, 0.29) is 4.47 Å². The van der Waals surface area contributed by atoms with E-state index in [0.717, 1.165) is 24.4 Å². The summed E-state index contributed by atoms with van der Waals surface area (Å²) in [6.45, 7) is 0. The van der Waals surface area contributed by atoms with E-state index in [1.54, 1.807) is 0 Å². The van der Waals surface area contributed by atoms with Crippen molar-refractivity contribution in [3.05, 3.63) is 70.1 Å². The number of nitrogens with zero attached hydrogens (tertiary/aromatic N) is 2. The van der Waals surface area contributed by atoms with Crippen LogP contribution < -0.4 is 0 Å². The minimum atomic E-state index is -4.77. The lowest BCUT2D eigenvalue weighted by Gasteiger charge is -2.32. The Kier molecular flexibility index (Phi) is 5.52. The first-order valence-electron chi connectivity index (χ1n) is 7.84. The Morgan fingerprint density at radius 1 is 1.10 bits per heavy atom. The fraction of sp³-hybridized carbons (Fsp3) is 0.176. The van der Waals surface area contributed by atoms with Gasteiger partial charge in [0.15, 0.2) is 5.78 Å². The van der Waals surface area contributed by atoms with Gasteiger partial charge in [-0.15, -0.1) is 0 Å². The second-order valence-electron chi connectivity index (χ2n) is 5.97. The molecule has 0 spiro atoms. The molecule has 1 aliphatic rings. The molecule has 154 valence electrons. The van der Waals surface area contributed by atoms with Crippen molar-refractivity contribution in [1.82, 2.24) is 9.29 Å². The number of ketones is 1. The number of hydrogen-bond donors (Lipinski definition) is 0. The average molecular weight is 497 g/mol. The summed E-state index contributed by atoms with van der Waals surface area (Å²) in [6, 6.07) is 1.33. The molecule has 12 heteroatoms. The smallest absolute Gasteiger partial charge is 0.295 e. The van der Waals surface area contributed by atoms with Crippen molar-refractivity contribution in [1.29, 1.82) is 0 Å². The molecule has 1 unspecified atom stereocenters. The third kappa shape index (κ3) is 4.04. The molecule has 0 aliphatic carbocycles. The maximum Gasteiger partial charge on any atom is 0.433 e. The highest BCUT2D eigenvalue weighted by atomic mass is 79.9. The van der Waals surface area contributed by atoms with Crippen molar-refractivity contribution < 1.29 is 35.2 Å². The molecule has 3 rings (SSSR count). The summed E-state index contributed by atoms with van der Waals surface area (Å²) in [4.78, 5) is 14.3. The van der Waals surface area contributed by atoms with Crippen molar-refractivity contribution in [3.8, 4) is 0 Å². The first kappa shape index (κ1) is 21.4. The fourth-order valence-corrected chi connectivity index (χ4v) is 4.75. The standard InChI is InChI=1S/C17H10BrF5N2O3S/c18-16-12(20)3-2-11(19)15(16)13-7-9(26)5-6-25(13)29(27,28)10-1-4-14(24-8-10)17(21,22)23/h1-6,8,13H,7H2. The van der Waals surface area contributed by atoms with Gasteiger partial charge in [0.05, 0.1) is 10.5 Å². The second-order valence-corrected chi connectivity index (χ2v) is 8.61. The molecule has 5 nitrogen and oxygen atoms in total. The van der Waals surface area contributed by atoms with Gasteiger partial charge in [-0.25, -0.2) is 17.2 Å². The summed E-state index contributed by atoms with van der Waals surface area (Å²) in [6.07, 6.45) is -2.96. The van der Waals surface area contributed by atoms with Gasteiger partial charge in [0.1, 0.15) is 22.2 Å². The lowest BCUT2D eigenvalue weighted by molar-refractivity contribution is -0.141. The van der Waals surface area contributed by atoms with Crippen LogP contribution in [-0.2, 0) is 21.0 Å². The van der Waals surface area contributed by atoms with Crippen LogP contribution in [0.1, 0.15) is 23.7 Å². The number of allylic oxidation sites excluding steroid dienone is 1. The number of carbonyl (C=O) groups excluding carboxylic acids is 1. The molecule has 2 aromatic rings. The Bertz CT molecular complexity index is 1100. The lowest BCUT2D eigenvalue weighted by Crippen LogP contribution is -2.35. The van der Waals surface area contributed by atoms with Crippen molar-refractivity contribution in [2.75, 3.05) is 0 Å². The van der Waals surface area contributed by atoms with E-state index >= 15 is 0 Å². The first-order valence-corrected chi connectivity index (χ1v) is 10.1. The monoisotopic (exact) mass is 496 g/mol. The second kappa shape index (κ2) is 7.48. The van der Waals surface area contributed by atoms with Crippen LogP contribution in [0.25, 0.3) is 0 Å². The number of pyridine rings is 1. The Hall–Kier alpha value is -2.34. The molecule has 1 aromatic heterocycles. The van der Waals surface area contributed by atoms with Gasteiger partial charge in [-0.05, 0) is 46.3 Å². The first-order chi connectivity index (χ1) is 13.4. The van der Waals surface area contributed by atoms with E-state index in [2.05, 4.69) is 20.9 Å². The highest BCUT2D eigenvalue weighted by Gasteiger charge is 2.38. The molecular formula is C17H10BrF5N2O3S. The maximum atomic E-state index is 14.4. The molecule has 0 amide bonds. The highest BCUT2D eigenvalue weighted by Crippen LogP contribution is 2.39. The Labute approximate surface area is 170 Å². The lowest BCUT2D eigenvalue weighted by atomic mass is 9.98. The number of aromatic nitrogens is 1. The van der Waals surface area contributed by atoms with Crippen LogP contribution in [0.4, 0.5) is 22.0 Å². The van der Waals surface area contributed by atoms with Crippen molar-refractivity contribution in [3.63, 3.8) is 0 Å². The number of rotatable bonds is 3. The van der Waals surface area contributed by atoms with Crippen LogP contribution in [0, 0.1) is 11.6 Å². The predicted molar refractivity (Wildman–Crippen MR) is 93.8 cm³/mol. The van der Waals surface area contributed by atoms with Crippen molar-refractivity contribution in [2.45, 2.75) is 23.5 Å². The maximum absolute atomic E-state index is 14.4. The van der Waals surface area contributed by atoms with Gasteiger partial charge in [-0.3, -0.25) is 14.1 Å². The number of alkyl halides is 3. The van der Waals surface area contributed by atoms with Gasteiger partial charge < -0.3 is 0 Å². The van der Waals surface area contributed by atoms with Gasteiger partial charge in [-0.1, -0.05) is 0 Å². The predicted octanol–water partition coefficient (Wildman–Crippen LogP) is 4.36. The third-order valence-corrected chi connectivity index (χ3v) is 6.70. The minimum absolute atomic E-state index is 0.364. The van der Waals surface area contributed by atoms with Crippen LogP contribution in [0.15, 0.2) is 52.1 Å². The molecular weight excluding hydrogens is 487 g/mol. The van der Waals surface area contributed by atoms with E-state index in [9.17, 15) is 35.2 Å². The summed E-state index contributed by atoms with van der Waals surface area (Å²) >= 11 is 2.86. The zero-order chi connectivity index (χ0) is 21.6. The number of sulfonamides is 1. The molecule has 0 fully saturated rings. The molecule has 1 atom stereocenters. The van der Waals surface area contributed by atoms with Crippen LogP contribution in [0.3, 0.4) is 0 Å². The summed E-state index contributed by atoms with van der Waals surface area (Å²) < 4.78 is 92.5. The topological polar surface area (TPSA) is 67.3 Å². The Balaban J connectivity index is 2.10. The largest absolute Gasteiger partial charge is 0.433 e. The molecule has 0 radical (unpaired) electrons.